The molecule has 3 N–H and O–H groups in total. The molecule has 18 heavy (non-hydrogen) atoms. The van der Waals surface area contributed by atoms with Crippen molar-refractivity contribution in [2.24, 2.45) is 0 Å². The summed E-state index contributed by atoms with van der Waals surface area (Å²) in [7, 11) is 0. The van der Waals surface area contributed by atoms with Crippen LogP contribution in [0, 0.1) is 17.5 Å². The zero-order valence-electron chi connectivity index (χ0n) is 8.58. The molecule has 0 aliphatic heterocycles. The maximum atomic E-state index is 13.3. The highest BCUT2D eigenvalue weighted by Gasteiger charge is 2.17. The lowest BCUT2D eigenvalue weighted by Crippen LogP contribution is -2.13. The molecule has 0 aliphatic rings. The first kappa shape index (κ1) is 12.3. The summed E-state index contributed by atoms with van der Waals surface area (Å²) in [5, 5.41) is 8.80. The highest BCUT2D eigenvalue weighted by molar-refractivity contribution is 7.16. The van der Waals surface area contributed by atoms with Gasteiger partial charge in [-0.15, -0.1) is 10.2 Å². The van der Waals surface area contributed by atoms with E-state index in [9.17, 15) is 18.0 Å². The van der Waals surface area contributed by atoms with Gasteiger partial charge in [0.2, 0.25) is 10.1 Å². The molecule has 0 radical (unpaired) electrons. The van der Waals surface area contributed by atoms with E-state index in [0.717, 1.165) is 17.4 Å². The summed E-state index contributed by atoms with van der Waals surface area (Å²) in [4.78, 5) is 11.5. The molecular formula is C9H5F3N4OS. The number of carbonyl (C=O) groups is 1. The number of benzene rings is 1. The van der Waals surface area contributed by atoms with E-state index in [2.05, 4.69) is 10.2 Å². The van der Waals surface area contributed by atoms with Crippen LogP contribution in [-0.4, -0.2) is 16.1 Å². The van der Waals surface area contributed by atoms with Crippen LogP contribution in [0.5, 0.6) is 0 Å². The summed E-state index contributed by atoms with van der Waals surface area (Å²) < 4.78 is 38.8. The van der Waals surface area contributed by atoms with Crippen molar-refractivity contribution in [3.63, 3.8) is 0 Å². The van der Waals surface area contributed by atoms with Gasteiger partial charge in [0.25, 0.3) is 5.91 Å². The van der Waals surface area contributed by atoms with Gasteiger partial charge >= 0.3 is 0 Å². The largest absolute Gasteiger partial charge is 0.374 e. The first-order chi connectivity index (χ1) is 8.49. The lowest BCUT2D eigenvalue weighted by atomic mass is 10.3. The minimum atomic E-state index is -1.66. The van der Waals surface area contributed by atoms with Crippen LogP contribution < -0.4 is 11.1 Å². The average molecular weight is 274 g/mol. The molecule has 5 nitrogen and oxygen atoms in total. The SMILES string of the molecule is Nc1nnc(C(=O)Nc2ccc(F)c(F)c2F)s1. The van der Waals surface area contributed by atoms with Gasteiger partial charge in [0.15, 0.2) is 17.5 Å². The summed E-state index contributed by atoms with van der Waals surface area (Å²) in [5.41, 5.74) is 4.77. The summed E-state index contributed by atoms with van der Waals surface area (Å²) in [6.07, 6.45) is 0. The van der Waals surface area contributed by atoms with Crippen LogP contribution in [0.1, 0.15) is 9.80 Å². The Labute approximate surface area is 102 Å². The quantitative estimate of drug-likeness (QED) is 0.818. The van der Waals surface area contributed by atoms with E-state index in [-0.39, 0.29) is 10.1 Å². The zero-order chi connectivity index (χ0) is 13.3. The molecule has 1 amide bonds. The molecule has 1 heterocycles. The van der Waals surface area contributed by atoms with Crippen molar-refractivity contribution in [2.75, 3.05) is 11.1 Å². The van der Waals surface area contributed by atoms with Gasteiger partial charge in [-0.05, 0) is 12.1 Å². The van der Waals surface area contributed by atoms with E-state index in [1.165, 1.54) is 0 Å². The van der Waals surface area contributed by atoms with E-state index in [4.69, 9.17) is 5.73 Å². The molecule has 1 aromatic carbocycles. The Balaban J connectivity index is 2.25. The van der Waals surface area contributed by atoms with Gasteiger partial charge in [-0.3, -0.25) is 4.79 Å². The molecule has 0 unspecified atom stereocenters. The van der Waals surface area contributed by atoms with Crippen LogP contribution in [0.4, 0.5) is 24.0 Å². The van der Waals surface area contributed by atoms with E-state index in [1.807, 2.05) is 5.32 Å². The normalized spacial score (nSPS) is 10.4. The smallest absolute Gasteiger partial charge is 0.286 e. The zero-order valence-corrected chi connectivity index (χ0v) is 9.39. The molecular weight excluding hydrogens is 269 g/mol. The number of hydrogen-bond acceptors (Lipinski definition) is 5. The number of amides is 1. The number of nitrogens with zero attached hydrogens (tertiary/aromatic N) is 2. The van der Waals surface area contributed by atoms with Crippen molar-refractivity contribution >= 4 is 28.1 Å². The van der Waals surface area contributed by atoms with Gasteiger partial charge in [-0.25, -0.2) is 13.2 Å². The number of aromatic nitrogens is 2. The molecule has 2 rings (SSSR count). The third-order valence-corrected chi connectivity index (χ3v) is 2.67. The number of hydrogen-bond donors (Lipinski definition) is 2. The van der Waals surface area contributed by atoms with Crippen LogP contribution in [0.15, 0.2) is 12.1 Å². The molecule has 0 saturated carbocycles. The molecule has 0 aliphatic carbocycles. The predicted octanol–water partition coefficient (Wildman–Crippen LogP) is 1.79. The number of rotatable bonds is 2. The molecule has 2 aromatic rings. The second-order valence-electron chi connectivity index (χ2n) is 3.12. The Morgan fingerprint density at radius 1 is 1.22 bits per heavy atom. The van der Waals surface area contributed by atoms with Crippen LogP contribution >= 0.6 is 11.3 Å². The second-order valence-corrected chi connectivity index (χ2v) is 4.13. The van der Waals surface area contributed by atoms with E-state index in [1.54, 1.807) is 0 Å². The number of nitrogens with one attached hydrogen (secondary N) is 1. The molecule has 0 spiro atoms. The van der Waals surface area contributed by atoms with Crippen molar-refractivity contribution in [1.82, 2.24) is 10.2 Å². The highest BCUT2D eigenvalue weighted by Crippen LogP contribution is 2.21. The first-order valence-electron chi connectivity index (χ1n) is 4.53. The van der Waals surface area contributed by atoms with E-state index in [0.29, 0.717) is 6.07 Å². The van der Waals surface area contributed by atoms with Gasteiger partial charge < -0.3 is 11.1 Å². The Morgan fingerprint density at radius 2 is 1.94 bits per heavy atom. The molecule has 1 aromatic heterocycles. The standard InChI is InChI=1S/C9H5F3N4OS/c10-3-1-2-4(6(12)5(3)11)14-7(17)8-15-16-9(13)18-8/h1-2H,(H2,13,16)(H,14,17). The lowest BCUT2D eigenvalue weighted by molar-refractivity contribution is 0.102. The number of halogens is 3. The Kier molecular flexibility index (Phi) is 3.15. The second kappa shape index (κ2) is 4.61. The Bertz CT molecular complexity index is 616. The van der Waals surface area contributed by atoms with Crippen LogP contribution in [0.2, 0.25) is 0 Å². The lowest BCUT2D eigenvalue weighted by Gasteiger charge is -2.05. The first-order valence-corrected chi connectivity index (χ1v) is 5.34. The van der Waals surface area contributed by atoms with Gasteiger partial charge in [0.1, 0.15) is 0 Å². The van der Waals surface area contributed by atoms with Crippen molar-refractivity contribution in [3.05, 3.63) is 34.6 Å². The molecule has 0 fully saturated rings. The Morgan fingerprint density at radius 3 is 2.56 bits per heavy atom. The topological polar surface area (TPSA) is 80.9 Å². The summed E-state index contributed by atoms with van der Waals surface area (Å²) in [6, 6.07) is 1.60. The van der Waals surface area contributed by atoms with Crippen molar-refractivity contribution in [2.45, 2.75) is 0 Å². The molecule has 9 heteroatoms. The van der Waals surface area contributed by atoms with E-state index < -0.39 is 29.0 Å². The highest BCUT2D eigenvalue weighted by atomic mass is 32.1. The minimum Gasteiger partial charge on any atom is -0.374 e. The number of nitrogens with two attached hydrogens (primary N) is 1. The third kappa shape index (κ3) is 2.25. The summed E-state index contributed by atoms with van der Waals surface area (Å²) in [5.74, 6) is -5.30. The van der Waals surface area contributed by atoms with Crippen LogP contribution in [0.3, 0.4) is 0 Å². The monoisotopic (exact) mass is 274 g/mol. The number of anilines is 2. The molecule has 0 atom stereocenters. The van der Waals surface area contributed by atoms with Crippen molar-refractivity contribution in [1.29, 1.82) is 0 Å². The van der Waals surface area contributed by atoms with Crippen LogP contribution in [0.25, 0.3) is 0 Å². The molecule has 0 saturated heterocycles. The fourth-order valence-corrected chi connectivity index (χ4v) is 1.63. The van der Waals surface area contributed by atoms with Gasteiger partial charge in [-0.1, -0.05) is 11.3 Å². The summed E-state index contributed by atoms with van der Waals surface area (Å²) >= 11 is 0.782. The van der Waals surface area contributed by atoms with Gasteiger partial charge in [0, 0.05) is 0 Å². The molecule has 0 bridgehead atoms. The van der Waals surface area contributed by atoms with Crippen molar-refractivity contribution < 1.29 is 18.0 Å². The fraction of sp³-hybridized carbons (Fsp3) is 0. The molecule has 94 valence electrons. The minimum absolute atomic E-state index is 0.0610. The van der Waals surface area contributed by atoms with E-state index >= 15 is 0 Å². The maximum absolute atomic E-state index is 13.3. The van der Waals surface area contributed by atoms with Gasteiger partial charge in [-0.2, -0.15) is 0 Å². The number of nitrogen functional groups attached to an aromatic ring is 1. The predicted molar refractivity (Wildman–Crippen MR) is 58.6 cm³/mol. The van der Waals surface area contributed by atoms with Gasteiger partial charge in [0.05, 0.1) is 5.69 Å². The van der Waals surface area contributed by atoms with Crippen molar-refractivity contribution in [3.8, 4) is 0 Å². The Hall–Kier alpha value is -2.16. The van der Waals surface area contributed by atoms with Crippen LogP contribution in [-0.2, 0) is 0 Å². The average Bonchev–Trinajstić information content (AvgIpc) is 2.77. The fourth-order valence-electron chi connectivity index (χ4n) is 1.12. The third-order valence-electron chi connectivity index (χ3n) is 1.92. The number of carbonyl (C=O) groups excluding carboxylic acids is 1. The summed E-state index contributed by atoms with van der Waals surface area (Å²) in [6.45, 7) is 0. The maximum Gasteiger partial charge on any atom is 0.286 e.